The molecule has 0 aromatic heterocycles. The molecule has 1 aliphatic heterocycles. The highest BCUT2D eigenvalue weighted by Crippen LogP contribution is 2.30. The molecule has 0 aliphatic carbocycles. The Morgan fingerprint density at radius 1 is 1.09 bits per heavy atom. The molecule has 1 unspecified atom stereocenters. The zero-order valence-electron chi connectivity index (χ0n) is 19.5. The van der Waals surface area contributed by atoms with Crippen molar-refractivity contribution in [3.05, 3.63) is 65.5 Å². The molecule has 2 aromatic carbocycles. The van der Waals surface area contributed by atoms with Crippen molar-refractivity contribution < 1.29 is 27.2 Å². The molecule has 0 radical (unpaired) electrons. The molecule has 0 saturated heterocycles. The van der Waals surface area contributed by atoms with E-state index in [1.54, 1.807) is 32.9 Å². The summed E-state index contributed by atoms with van der Waals surface area (Å²) in [5, 5.41) is 2.80. The molecule has 3 rings (SSSR count). The Bertz CT molecular complexity index is 1220. The minimum Gasteiger partial charge on any atom is -0.350 e. The summed E-state index contributed by atoms with van der Waals surface area (Å²) in [6.45, 7) is 6.32. The molecule has 0 bridgehead atoms. The fourth-order valence-electron chi connectivity index (χ4n) is 3.66. The first-order valence-electron chi connectivity index (χ1n) is 10.8. The molecule has 1 atom stereocenters. The smallest absolute Gasteiger partial charge is 0.269 e. The van der Waals surface area contributed by atoms with Crippen LogP contribution in [0.4, 0.5) is 4.39 Å². The number of hydrogen-bond acceptors (Lipinski definition) is 5. The Labute approximate surface area is 198 Å². The Hall–Kier alpha value is -3.27. The van der Waals surface area contributed by atoms with Gasteiger partial charge in [0.25, 0.3) is 15.9 Å². The van der Waals surface area contributed by atoms with Gasteiger partial charge in [0.05, 0.1) is 5.56 Å². The molecule has 3 amide bonds. The van der Waals surface area contributed by atoms with Gasteiger partial charge in [0.15, 0.2) is 0 Å². The molecule has 182 valence electrons. The summed E-state index contributed by atoms with van der Waals surface area (Å²) < 4.78 is 40.5. The lowest BCUT2D eigenvalue weighted by molar-refractivity contribution is -0.141. The summed E-state index contributed by atoms with van der Waals surface area (Å²) in [5.41, 5.74) is -0.292. The van der Waals surface area contributed by atoms with Gasteiger partial charge in [-0.05, 0) is 45.9 Å². The average molecular weight is 490 g/mol. The highest BCUT2D eigenvalue weighted by molar-refractivity contribution is 7.90. The largest absolute Gasteiger partial charge is 0.350 e. The van der Waals surface area contributed by atoms with Crippen LogP contribution < -0.4 is 5.32 Å². The van der Waals surface area contributed by atoms with Crippen molar-refractivity contribution in [2.75, 3.05) is 6.54 Å². The van der Waals surface area contributed by atoms with Gasteiger partial charge in [-0.3, -0.25) is 14.4 Å². The van der Waals surface area contributed by atoms with Gasteiger partial charge in [-0.25, -0.2) is 17.1 Å². The molecule has 1 aliphatic rings. The lowest BCUT2D eigenvalue weighted by Gasteiger charge is -2.32. The third-order valence-corrected chi connectivity index (χ3v) is 7.25. The predicted molar refractivity (Wildman–Crippen MR) is 124 cm³/mol. The van der Waals surface area contributed by atoms with E-state index in [1.165, 1.54) is 48.2 Å². The van der Waals surface area contributed by atoms with Crippen molar-refractivity contribution in [1.82, 2.24) is 14.5 Å². The van der Waals surface area contributed by atoms with Crippen molar-refractivity contribution >= 4 is 27.7 Å². The molecule has 10 heteroatoms. The van der Waals surface area contributed by atoms with E-state index in [2.05, 4.69) is 5.32 Å². The second kappa shape index (κ2) is 9.54. The van der Waals surface area contributed by atoms with Crippen LogP contribution >= 0.6 is 0 Å². The molecular formula is C24H28FN3O5S. The van der Waals surface area contributed by atoms with Gasteiger partial charge >= 0.3 is 0 Å². The zero-order chi connectivity index (χ0) is 25.3. The summed E-state index contributed by atoms with van der Waals surface area (Å²) in [7, 11) is -4.07. The SMILES string of the molecule is CC(C(=O)NC(C)(C)C)N(Cc1ccccc1F)C(=O)CCN1C(=O)c2ccccc2S1(=O)=O. The van der Waals surface area contributed by atoms with Crippen LogP contribution in [0.2, 0.25) is 0 Å². The van der Waals surface area contributed by atoms with E-state index in [9.17, 15) is 27.2 Å². The maximum atomic E-state index is 14.3. The number of sulfonamides is 1. The van der Waals surface area contributed by atoms with Crippen LogP contribution in [0, 0.1) is 5.82 Å². The number of rotatable bonds is 7. The van der Waals surface area contributed by atoms with Crippen LogP contribution in [0.5, 0.6) is 0 Å². The number of carbonyl (C=O) groups is 3. The van der Waals surface area contributed by atoms with Gasteiger partial charge in [-0.2, -0.15) is 0 Å². The number of benzene rings is 2. The van der Waals surface area contributed by atoms with E-state index >= 15 is 0 Å². The first-order chi connectivity index (χ1) is 15.8. The van der Waals surface area contributed by atoms with Crippen molar-refractivity contribution in [3.63, 3.8) is 0 Å². The van der Waals surface area contributed by atoms with Gasteiger partial charge in [-0.15, -0.1) is 0 Å². The molecule has 0 fully saturated rings. The molecular weight excluding hydrogens is 461 g/mol. The quantitative estimate of drug-likeness (QED) is 0.644. The summed E-state index contributed by atoms with van der Waals surface area (Å²) in [4.78, 5) is 39.7. The summed E-state index contributed by atoms with van der Waals surface area (Å²) in [5.74, 6) is -2.26. The maximum absolute atomic E-state index is 14.3. The second-order valence-corrected chi connectivity index (χ2v) is 11.0. The van der Waals surface area contributed by atoms with Crippen molar-refractivity contribution in [2.24, 2.45) is 0 Å². The Balaban J connectivity index is 1.82. The Morgan fingerprint density at radius 2 is 1.71 bits per heavy atom. The van der Waals surface area contributed by atoms with E-state index in [4.69, 9.17) is 0 Å². The maximum Gasteiger partial charge on any atom is 0.269 e. The standard InChI is InChI=1S/C24H28FN3O5S/c1-16(22(30)26-24(2,3)4)27(15-17-9-5-7-11-19(17)25)21(29)13-14-28-23(31)18-10-6-8-12-20(18)34(28,32)33/h5-12,16H,13-15H2,1-4H3,(H,26,30). The highest BCUT2D eigenvalue weighted by atomic mass is 32.2. The van der Waals surface area contributed by atoms with Gasteiger partial charge in [0, 0.05) is 30.6 Å². The molecule has 34 heavy (non-hydrogen) atoms. The van der Waals surface area contributed by atoms with E-state index in [0.717, 1.165) is 0 Å². The first kappa shape index (κ1) is 25.4. The Morgan fingerprint density at radius 3 is 2.32 bits per heavy atom. The minimum atomic E-state index is -4.07. The molecule has 0 saturated carbocycles. The van der Waals surface area contributed by atoms with Crippen LogP contribution in [-0.2, 0) is 26.2 Å². The number of nitrogens with zero attached hydrogens (tertiary/aromatic N) is 2. The predicted octanol–water partition coefficient (Wildman–Crippen LogP) is 2.69. The van der Waals surface area contributed by atoms with Crippen LogP contribution in [0.3, 0.4) is 0 Å². The number of hydrogen-bond donors (Lipinski definition) is 1. The van der Waals surface area contributed by atoms with Gasteiger partial charge in [0.2, 0.25) is 11.8 Å². The monoisotopic (exact) mass is 489 g/mol. The van der Waals surface area contributed by atoms with Crippen molar-refractivity contribution in [3.8, 4) is 0 Å². The van der Waals surface area contributed by atoms with E-state index in [0.29, 0.717) is 4.31 Å². The van der Waals surface area contributed by atoms with Gasteiger partial charge in [-0.1, -0.05) is 30.3 Å². The van der Waals surface area contributed by atoms with Crippen molar-refractivity contribution in [2.45, 2.75) is 57.1 Å². The third-order valence-electron chi connectivity index (χ3n) is 5.40. The number of halogens is 1. The van der Waals surface area contributed by atoms with Crippen LogP contribution in [-0.4, -0.2) is 53.5 Å². The van der Waals surface area contributed by atoms with Crippen LogP contribution in [0.15, 0.2) is 53.4 Å². The molecule has 1 N–H and O–H groups in total. The number of nitrogens with one attached hydrogen (secondary N) is 1. The minimum absolute atomic E-state index is 0.0519. The molecule has 1 heterocycles. The normalized spacial score (nSPS) is 15.6. The number of fused-ring (bicyclic) bond motifs is 1. The van der Waals surface area contributed by atoms with Crippen LogP contribution in [0.25, 0.3) is 0 Å². The number of carbonyl (C=O) groups excluding carboxylic acids is 3. The molecule has 2 aromatic rings. The zero-order valence-corrected chi connectivity index (χ0v) is 20.4. The van der Waals surface area contributed by atoms with E-state index in [1.807, 2.05) is 0 Å². The number of amides is 3. The summed E-state index contributed by atoms with van der Waals surface area (Å²) in [6.07, 6.45) is -0.361. The van der Waals surface area contributed by atoms with Crippen molar-refractivity contribution in [1.29, 1.82) is 0 Å². The lowest BCUT2D eigenvalue weighted by Crippen LogP contribution is -2.52. The third kappa shape index (κ3) is 5.27. The highest BCUT2D eigenvalue weighted by Gasteiger charge is 2.41. The fraction of sp³-hybridized carbons (Fsp3) is 0.375. The average Bonchev–Trinajstić information content (AvgIpc) is 2.95. The fourth-order valence-corrected chi connectivity index (χ4v) is 5.23. The molecule has 0 spiro atoms. The first-order valence-corrected chi connectivity index (χ1v) is 12.3. The van der Waals surface area contributed by atoms with Gasteiger partial charge in [0.1, 0.15) is 16.8 Å². The topological polar surface area (TPSA) is 104 Å². The van der Waals surface area contributed by atoms with E-state index in [-0.39, 0.29) is 29.0 Å². The van der Waals surface area contributed by atoms with Gasteiger partial charge < -0.3 is 10.2 Å². The van der Waals surface area contributed by atoms with E-state index < -0.39 is 51.7 Å². The summed E-state index contributed by atoms with van der Waals surface area (Å²) >= 11 is 0. The second-order valence-electron chi connectivity index (χ2n) is 9.16. The Kier molecular flexibility index (Phi) is 7.11. The lowest BCUT2D eigenvalue weighted by atomic mass is 10.1. The molecule has 8 nitrogen and oxygen atoms in total. The van der Waals surface area contributed by atoms with Crippen LogP contribution in [0.1, 0.15) is 50.0 Å². The summed E-state index contributed by atoms with van der Waals surface area (Å²) in [6, 6.07) is 10.8.